The highest BCUT2D eigenvalue weighted by molar-refractivity contribution is 6.00. The Balaban J connectivity index is 0.000000179. The molecule has 25 heteroatoms. The molecule has 6 heterocycles. The minimum Gasteiger partial charge on any atom is -0.482 e. The van der Waals surface area contributed by atoms with Gasteiger partial charge in [-0.05, 0) is 118 Å². The monoisotopic (exact) mass is 1090 g/mol. The van der Waals surface area contributed by atoms with Crippen LogP contribution in [0.2, 0.25) is 0 Å². The number of benzene rings is 2. The summed E-state index contributed by atoms with van der Waals surface area (Å²) in [6.45, 7) is 2.50. The summed E-state index contributed by atoms with van der Waals surface area (Å²) in [6.07, 6.45) is 9.97. The summed E-state index contributed by atoms with van der Waals surface area (Å²) in [5.41, 5.74) is 1.19. The van der Waals surface area contributed by atoms with Gasteiger partial charge in [-0.15, -0.1) is 0 Å². The number of aromatic nitrogens is 6. The maximum atomic E-state index is 14.5. The number of nitrogens with zero attached hydrogens (tertiary/aromatic N) is 6. The van der Waals surface area contributed by atoms with Crippen molar-refractivity contribution in [2.24, 2.45) is 22.7 Å². The standard InChI is InChI=1S/C28H30FN7O5.C26H27FN6O5/c1-30-26(40)28-7-4-27(5-8-28,6-9-28)15-32-25(39)20-11-19(35-23-17(29)13-33-36(20)23)24(38)31-12-16-2-3-21-18(10-16)34-22(37)14-41-21;1-14(34)17-5-2-15(3-6-17)10-29-26(37)21-9-20(32-24-18(27)12-30-33(21)24)25(36)28-11-16-4-7-22-19(8-16)31-23(35)13-38-22/h2-3,10-11,13H,4-9,12,14-15H2,1H3,(H,30,40)(H,31,38)(H,32,39)(H,34,37);4,7-9,12,15,17H,2-3,5-6,10-11,13H2,1H3,(H,28,36)(H,29,37)(H,31,35). The molecule has 79 heavy (non-hydrogen) atoms. The predicted molar refractivity (Wildman–Crippen MR) is 277 cm³/mol. The number of ketones is 1. The fourth-order valence-electron chi connectivity index (χ4n) is 11.0. The van der Waals surface area contributed by atoms with Crippen LogP contribution in [0.3, 0.4) is 0 Å². The summed E-state index contributed by atoms with van der Waals surface area (Å²) < 4.78 is 41.7. The van der Waals surface area contributed by atoms with Crippen molar-refractivity contribution in [2.75, 3.05) is 44.0 Å². The minimum absolute atomic E-state index is 0.0135. The van der Waals surface area contributed by atoms with E-state index in [2.05, 4.69) is 57.4 Å². The number of rotatable bonds is 14. The van der Waals surface area contributed by atoms with Gasteiger partial charge in [0.25, 0.3) is 35.4 Å². The van der Waals surface area contributed by atoms with Crippen LogP contribution in [0.5, 0.6) is 11.5 Å². The Labute approximate surface area is 449 Å². The second-order valence-corrected chi connectivity index (χ2v) is 20.8. The normalized spacial score (nSPS) is 20.9. The molecule has 2 aliphatic heterocycles. The van der Waals surface area contributed by atoms with Crippen molar-refractivity contribution in [3.05, 3.63) is 106 Å². The molecule has 0 spiro atoms. The van der Waals surface area contributed by atoms with Gasteiger partial charge >= 0.3 is 0 Å². The van der Waals surface area contributed by atoms with Crippen molar-refractivity contribution in [3.63, 3.8) is 0 Å². The molecule has 4 aliphatic carbocycles. The molecule has 0 saturated heterocycles. The lowest BCUT2D eigenvalue weighted by molar-refractivity contribution is -0.139. The number of hydrogen-bond donors (Lipinski definition) is 7. The van der Waals surface area contributed by atoms with Crippen molar-refractivity contribution < 1.29 is 56.6 Å². The first-order valence-corrected chi connectivity index (χ1v) is 26.0. The molecule has 4 saturated carbocycles. The lowest BCUT2D eigenvalue weighted by Gasteiger charge is -2.52. The fraction of sp³-hybridized carbons (Fsp3) is 0.407. The molecule has 4 aromatic heterocycles. The summed E-state index contributed by atoms with van der Waals surface area (Å²) in [4.78, 5) is 108. The molecule has 6 aliphatic rings. The van der Waals surface area contributed by atoms with Crippen molar-refractivity contribution in [3.8, 4) is 11.5 Å². The van der Waals surface area contributed by atoms with Crippen LogP contribution >= 0.6 is 0 Å². The second kappa shape index (κ2) is 22.2. The van der Waals surface area contributed by atoms with Gasteiger partial charge in [0, 0.05) is 56.7 Å². The highest BCUT2D eigenvalue weighted by Crippen LogP contribution is 2.56. The molecule has 2 bridgehead atoms. The summed E-state index contributed by atoms with van der Waals surface area (Å²) in [6, 6.07) is 12.8. The number of amides is 7. The lowest BCUT2D eigenvalue weighted by atomic mass is 9.53. The van der Waals surface area contributed by atoms with Crippen molar-refractivity contribution in [1.29, 1.82) is 0 Å². The van der Waals surface area contributed by atoms with Crippen LogP contribution in [0, 0.1) is 34.3 Å². The van der Waals surface area contributed by atoms with E-state index in [1.165, 1.54) is 12.1 Å². The molecule has 0 unspecified atom stereocenters. The Bertz CT molecular complexity index is 3440. The van der Waals surface area contributed by atoms with Gasteiger partial charge in [-0.3, -0.25) is 38.4 Å². The van der Waals surface area contributed by atoms with Crippen LogP contribution in [-0.4, -0.2) is 110 Å². The average molecular weight is 1090 g/mol. The molecule has 0 atom stereocenters. The van der Waals surface area contributed by atoms with E-state index in [4.69, 9.17) is 9.47 Å². The van der Waals surface area contributed by atoms with E-state index in [9.17, 15) is 47.1 Å². The first-order valence-electron chi connectivity index (χ1n) is 26.0. The third-order valence-corrected chi connectivity index (χ3v) is 15.8. The van der Waals surface area contributed by atoms with E-state index in [0.717, 1.165) is 85.6 Å². The Morgan fingerprint density at radius 3 is 1.59 bits per heavy atom. The van der Waals surface area contributed by atoms with E-state index in [-0.39, 0.29) is 107 Å². The number of hydrogen-bond acceptors (Lipinski definition) is 14. The van der Waals surface area contributed by atoms with Crippen LogP contribution in [0.15, 0.2) is 60.9 Å². The number of nitrogens with one attached hydrogen (secondary N) is 7. The van der Waals surface area contributed by atoms with Gasteiger partial charge in [0.2, 0.25) is 5.91 Å². The second-order valence-electron chi connectivity index (χ2n) is 20.8. The molecule has 2 aromatic carbocycles. The molecular formula is C54H57F2N13O10. The SMILES string of the molecule is CC(=O)C1CCC(CNC(=O)c2cc(C(=O)NCc3ccc4c(c3)NC(=O)CO4)nc3c(F)cnn23)CC1.CNC(=O)C12CCC(CNC(=O)c3cc(C(=O)NCc4ccc5c(c4)NC(=O)CO5)nc4c(F)cnn34)(CC1)CC2. The number of ether oxygens (including phenoxy) is 2. The third-order valence-electron chi connectivity index (χ3n) is 15.8. The number of carbonyl (C=O) groups is 8. The van der Waals surface area contributed by atoms with Gasteiger partial charge in [0.1, 0.15) is 40.1 Å². The van der Waals surface area contributed by atoms with Crippen LogP contribution in [-0.2, 0) is 32.3 Å². The number of fused-ring (bicyclic) bond motifs is 7. The first kappa shape index (κ1) is 53.5. The summed E-state index contributed by atoms with van der Waals surface area (Å²) in [5.74, 6) is -2.61. The van der Waals surface area contributed by atoms with Gasteiger partial charge in [0.05, 0.1) is 23.8 Å². The average Bonchev–Trinajstić information content (AvgIpc) is 4.22. The highest BCUT2D eigenvalue weighted by Gasteiger charge is 2.52. The van der Waals surface area contributed by atoms with Crippen molar-refractivity contribution in [1.82, 2.24) is 55.8 Å². The van der Waals surface area contributed by atoms with Gasteiger partial charge in [-0.1, -0.05) is 12.1 Å². The summed E-state index contributed by atoms with van der Waals surface area (Å²) in [5, 5.41) is 27.3. The Hall–Kier alpha value is -8.90. The van der Waals surface area contributed by atoms with E-state index in [1.54, 1.807) is 50.4 Å². The van der Waals surface area contributed by atoms with Gasteiger partial charge < -0.3 is 46.7 Å². The lowest BCUT2D eigenvalue weighted by Crippen LogP contribution is -2.52. The molecule has 12 rings (SSSR count). The maximum absolute atomic E-state index is 14.5. The number of carbonyl (C=O) groups excluding carboxylic acids is 8. The summed E-state index contributed by atoms with van der Waals surface area (Å²) >= 11 is 0. The zero-order valence-corrected chi connectivity index (χ0v) is 43.3. The quantitative estimate of drug-likeness (QED) is 0.0805. The van der Waals surface area contributed by atoms with Gasteiger partial charge in [-0.2, -0.15) is 10.2 Å². The van der Waals surface area contributed by atoms with E-state index >= 15 is 0 Å². The van der Waals surface area contributed by atoms with E-state index < -0.39 is 35.3 Å². The molecule has 23 nitrogen and oxygen atoms in total. The smallest absolute Gasteiger partial charge is 0.270 e. The van der Waals surface area contributed by atoms with Crippen molar-refractivity contribution >= 4 is 69.8 Å². The van der Waals surface area contributed by atoms with Gasteiger partial charge in [-0.25, -0.2) is 27.8 Å². The maximum Gasteiger partial charge on any atom is 0.270 e. The minimum atomic E-state index is -0.762. The number of halogens is 2. The molecule has 7 amide bonds. The first-order chi connectivity index (χ1) is 38.0. The fourth-order valence-corrected chi connectivity index (χ4v) is 11.0. The molecule has 6 aromatic rings. The zero-order chi connectivity index (χ0) is 55.6. The Morgan fingerprint density at radius 2 is 1.13 bits per heavy atom. The molecule has 4 fully saturated rings. The summed E-state index contributed by atoms with van der Waals surface area (Å²) in [7, 11) is 1.67. The van der Waals surface area contributed by atoms with Crippen LogP contribution in [0.1, 0.15) is 124 Å². The number of Topliss-reactive ketones (excluding diaryl/α,β-unsaturated/α-hetero) is 1. The van der Waals surface area contributed by atoms with E-state index in [1.807, 2.05) is 0 Å². The zero-order valence-electron chi connectivity index (χ0n) is 43.3. The van der Waals surface area contributed by atoms with Crippen molar-refractivity contribution in [2.45, 2.75) is 84.2 Å². The number of anilines is 2. The Kier molecular flexibility index (Phi) is 15.0. The van der Waals surface area contributed by atoms with E-state index in [0.29, 0.717) is 47.1 Å². The highest BCUT2D eigenvalue weighted by atomic mass is 19.1. The van der Waals surface area contributed by atoms with Crippen LogP contribution < -0.4 is 46.7 Å². The van der Waals surface area contributed by atoms with Crippen LogP contribution in [0.25, 0.3) is 11.3 Å². The molecular weight excluding hydrogens is 1030 g/mol. The predicted octanol–water partition coefficient (Wildman–Crippen LogP) is 4.20. The topological polar surface area (TPSA) is 300 Å². The third kappa shape index (κ3) is 11.4. The molecule has 0 radical (unpaired) electrons. The molecule has 412 valence electrons. The van der Waals surface area contributed by atoms with Gasteiger partial charge in [0.15, 0.2) is 36.1 Å². The largest absolute Gasteiger partial charge is 0.482 e. The Morgan fingerprint density at radius 1 is 0.646 bits per heavy atom. The van der Waals surface area contributed by atoms with Crippen LogP contribution in [0.4, 0.5) is 20.2 Å². The molecule has 7 N–H and O–H groups in total.